The maximum atomic E-state index is 13.8. The van der Waals surface area contributed by atoms with E-state index >= 15 is 0 Å². The van der Waals surface area contributed by atoms with Crippen molar-refractivity contribution in [2.45, 2.75) is 31.8 Å². The first-order valence-electron chi connectivity index (χ1n) is 9.10. The number of imidazole rings is 1. The molecule has 0 bridgehead atoms. The number of nitrogens with one attached hydrogen (secondary N) is 1. The number of hydrogen-bond donors (Lipinski definition) is 1. The monoisotopic (exact) mass is 441 g/mol. The Morgan fingerprint density at radius 2 is 1.97 bits per heavy atom. The van der Waals surface area contributed by atoms with Crippen LogP contribution in [0.1, 0.15) is 31.0 Å². The van der Waals surface area contributed by atoms with Crippen LogP contribution in [-0.2, 0) is 16.6 Å². The summed E-state index contributed by atoms with van der Waals surface area (Å²) in [6, 6.07) is 4.06. The second kappa shape index (κ2) is 7.92. The van der Waals surface area contributed by atoms with Crippen LogP contribution in [0, 0.1) is 11.6 Å². The van der Waals surface area contributed by atoms with Crippen molar-refractivity contribution in [3.8, 4) is 11.4 Å². The van der Waals surface area contributed by atoms with E-state index in [1.165, 1.54) is 6.20 Å². The summed E-state index contributed by atoms with van der Waals surface area (Å²) >= 11 is 5.54. The first-order chi connectivity index (χ1) is 13.9. The lowest BCUT2D eigenvalue weighted by atomic mass is 10.2. The van der Waals surface area contributed by atoms with E-state index in [9.17, 15) is 17.2 Å². The number of alkyl halides is 1. The molecular weight excluding hydrogens is 424 g/mol. The van der Waals surface area contributed by atoms with E-state index < -0.39 is 21.7 Å². The van der Waals surface area contributed by atoms with Crippen molar-refractivity contribution in [1.29, 1.82) is 0 Å². The Hall–Kier alpha value is -2.17. The molecule has 0 amide bonds. The number of nitrogens with zero attached hydrogens (tertiary/aromatic N) is 4. The molecule has 1 aliphatic rings. The standard InChI is InChI=1S/C18H18ClF2N5O2S/c19-4-1-5-29(27,28)23-10-12-6-11(9-22-25-12)18-24-16-7-14(20)15(21)8-17(16)26(18)13-2-3-13/h6-9,13,23H,1-5,10H2. The number of fused-ring (bicyclic) bond motifs is 1. The highest BCUT2D eigenvalue weighted by molar-refractivity contribution is 7.89. The number of halogens is 3. The molecule has 0 radical (unpaired) electrons. The fourth-order valence-electron chi connectivity index (χ4n) is 3.12. The first kappa shape index (κ1) is 20.1. The molecule has 154 valence electrons. The lowest BCUT2D eigenvalue weighted by Crippen LogP contribution is -2.26. The first-order valence-corrected chi connectivity index (χ1v) is 11.3. The SMILES string of the molecule is O=S(=O)(CCCCl)NCc1cc(-c2nc3cc(F)c(F)cc3n2C2CC2)cnn1. The molecule has 1 N–H and O–H groups in total. The second-order valence-corrected chi connectivity index (χ2v) is 9.21. The lowest BCUT2D eigenvalue weighted by Gasteiger charge is -2.09. The minimum Gasteiger partial charge on any atom is -0.321 e. The molecule has 3 aromatic rings. The zero-order valence-electron chi connectivity index (χ0n) is 15.3. The van der Waals surface area contributed by atoms with Gasteiger partial charge in [-0.2, -0.15) is 10.2 Å². The molecule has 29 heavy (non-hydrogen) atoms. The Kier molecular flexibility index (Phi) is 5.50. The summed E-state index contributed by atoms with van der Waals surface area (Å²) in [5.41, 5.74) is 1.87. The van der Waals surface area contributed by atoms with Gasteiger partial charge in [-0.3, -0.25) is 0 Å². The topological polar surface area (TPSA) is 89.8 Å². The Balaban J connectivity index is 1.66. The van der Waals surface area contributed by atoms with E-state index in [-0.39, 0.29) is 24.2 Å². The predicted molar refractivity (Wildman–Crippen MR) is 105 cm³/mol. The van der Waals surface area contributed by atoms with Crippen molar-refractivity contribution in [1.82, 2.24) is 24.5 Å². The lowest BCUT2D eigenvalue weighted by molar-refractivity contribution is 0.510. The quantitative estimate of drug-likeness (QED) is 0.542. The maximum absolute atomic E-state index is 13.8. The number of aromatic nitrogens is 4. The number of hydrogen-bond acceptors (Lipinski definition) is 5. The number of benzene rings is 1. The minimum absolute atomic E-state index is 0.0294. The van der Waals surface area contributed by atoms with Crippen molar-refractivity contribution < 1.29 is 17.2 Å². The number of rotatable bonds is 8. The summed E-state index contributed by atoms with van der Waals surface area (Å²) in [7, 11) is -3.47. The molecule has 1 aliphatic carbocycles. The van der Waals surface area contributed by atoms with Gasteiger partial charge in [0.1, 0.15) is 5.82 Å². The molecule has 0 spiro atoms. The van der Waals surface area contributed by atoms with Gasteiger partial charge in [0, 0.05) is 29.6 Å². The molecule has 2 heterocycles. The molecule has 1 aromatic carbocycles. The van der Waals surface area contributed by atoms with Gasteiger partial charge in [0.05, 0.1) is 35.2 Å². The van der Waals surface area contributed by atoms with Crippen molar-refractivity contribution >= 4 is 32.7 Å². The van der Waals surface area contributed by atoms with Gasteiger partial charge in [-0.25, -0.2) is 26.9 Å². The van der Waals surface area contributed by atoms with Gasteiger partial charge in [0.25, 0.3) is 0 Å². The van der Waals surface area contributed by atoms with E-state index in [0.29, 0.717) is 34.5 Å². The Morgan fingerprint density at radius 3 is 2.69 bits per heavy atom. The summed E-state index contributed by atoms with van der Waals surface area (Å²) in [4.78, 5) is 4.47. The molecule has 11 heteroatoms. The van der Waals surface area contributed by atoms with Crippen LogP contribution in [0.4, 0.5) is 8.78 Å². The van der Waals surface area contributed by atoms with Crippen molar-refractivity contribution in [2.75, 3.05) is 11.6 Å². The zero-order chi connectivity index (χ0) is 20.6. The third kappa shape index (κ3) is 4.39. The van der Waals surface area contributed by atoms with Crippen molar-refractivity contribution in [3.05, 3.63) is 41.7 Å². The van der Waals surface area contributed by atoms with Gasteiger partial charge in [0.2, 0.25) is 10.0 Å². The Bertz CT molecular complexity index is 1160. The maximum Gasteiger partial charge on any atom is 0.211 e. The second-order valence-electron chi connectivity index (χ2n) is 6.91. The van der Waals surface area contributed by atoms with Gasteiger partial charge < -0.3 is 4.57 Å². The van der Waals surface area contributed by atoms with Crippen molar-refractivity contribution in [2.24, 2.45) is 0 Å². The molecule has 1 fully saturated rings. The highest BCUT2D eigenvalue weighted by Crippen LogP contribution is 2.41. The van der Waals surface area contributed by atoms with Crippen LogP contribution in [0.2, 0.25) is 0 Å². The van der Waals surface area contributed by atoms with Crippen LogP contribution in [0.3, 0.4) is 0 Å². The molecule has 7 nitrogen and oxygen atoms in total. The largest absolute Gasteiger partial charge is 0.321 e. The normalized spacial score (nSPS) is 14.6. The predicted octanol–water partition coefficient (Wildman–Crippen LogP) is 3.15. The Labute approximate surface area is 171 Å². The highest BCUT2D eigenvalue weighted by atomic mass is 35.5. The molecule has 0 aliphatic heterocycles. The summed E-state index contributed by atoms with van der Waals surface area (Å²) in [5.74, 6) is -1.17. The third-order valence-electron chi connectivity index (χ3n) is 4.63. The molecule has 0 atom stereocenters. The smallest absolute Gasteiger partial charge is 0.211 e. The molecular formula is C18H18ClF2N5O2S. The van der Waals surface area contributed by atoms with E-state index in [2.05, 4.69) is 19.9 Å². The molecule has 2 aromatic heterocycles. The third-order valence-corrected chi connectivity index (χ3v) is 6.30. The van der Waals surface area contributed by atoms with Gasteiger partial charge in [-0.15, -0.1) is 11.6 Å². The fourth-order valence-corrected chi connectivity index (χ4v) is 4.45. The average molecular weight is 442 g/mol. The molecule has 0 unspecified atom stereocenters. The van der Waals surface area contributed by atoms with Crippen LogP contribution in [0.25, 0.3) is 22.4 Å². The fraction of sp³-hybridized carbons (Fsp3) is 0.389. The summed E-state index contributed by atoms with van der Waals surface area (Å²) < 4.78 is 55.7. The van der Waals surface area contributed by atoms with E-state index in [1.54, 1.807) is 6.07 Å². The summed E-state index contributed by atoms with van der Waals surface area (Å²) in [5, 5.41) is 7.90. The van der Waals surface area contributed by atoms with Gasteiger partial charge in [-0.1, -0.05) is 0 Å². The van der Waals surface area contributed by atoms with Crippen LogP contribution < -0.4 is 4.72 Å². The van der Waals surface area contributed by atoms with Gasteiger partial charge >= 0.3 is 0 Å². The van der Waals surface area contributed by atoms with Crippen LogP contribution in [0.5, 0.6) is 0 Å². The summed E-state index contributed by atoms with van der Waals surface area (Å²) in [6.07, 6.45) is 3.69. The Morgan fingerprint density at radius 1 is 1.21 bits per heavy atom. The van der Waals surface area contributed by atoms with Crippen LogP contribution in [-0.4, -0.2) is 39.8 Å². The summed E-state index contributed by atoms with van der Waals surface area (Å²) in [6.45, 7) is -0.0294. The molecule has 0 saturated heterocycles. The van der Waals surface area contributed by atoms with Crippen LogP contribution >= 0.6 is 11.6 Å². The molecule has 1 saturated carbocycles. The van der Waals surface area contributed by atoms with Gasteiger partial charge in [0.15, 0.2) is 11.6 Å². The van der Waals surface area contributed by atoms with E-state index in [1.807, 2.05) is 4.57 Å². The van der Waals surface area contributed by atoms with Gasteiger partial charge in [-0.05, 0) is 25.3 Å². The van der Waals surface area contributed by atoms with Crippen LogP contribution in [0.15, 0.2) is 24.4 Å². The average Bonchev–Trinajstić information content (AvgIpc) is 3.47. The number of sulfonamides is 1. The van der Waals surface area contributed by atoms with E-state index in [0.717, 1.165) is 25.0 Å². The molecule has 4 rings (SSSR count). The highest BCUT2D eigenvalue weighted by Gasteiger charge is 2.29. The minimum atomic E-state index is -3.47. The van der Waals surface area contributed by atoms with E-state index in [4.69, 9.17) is 11.6 Å². The van der Waals surface area contributed by atoms with Crippen molar-refractivity contribution in [3.63, 3.8) is 0 Å². The zero-order valence-corrected chi connectivity index (χ0v) is 16.8.